The molecule has 0 spiro atoms. The van der Waals surface area contributed by atoms with Gasteiger partial charge >= 0.3 is 0 Å². The summed E-state index contributed by atoms with van der Waals surface area (Å²) in [5.41, 5.74) is 4.22. The fourth-order valence-electron chi connectivity index (χ4n) is 3.88. The van der Waals surface area contributed by atoms with Crippen molar-refractivity contribution in [3.63, 3.8) is 0 Å². The zero-order valence-corrected chi connectivity index (χ0v) is 18.6. The van der Waals surface area contributed by atoms with Crippen LogP contribution in [0.5, 0.6) is 5.75 Å². The molecule has 2 heterocycles. The molecule has 1 aliphatic rings. The third kappa shape index (κ3) is 4.50. The minimum Gasteiger partial charge on any atom is -0.492 e. The number of fused-ring (bicyclic) bond motifs is 1. The Labute approximate surface area is 181 Å². The lowest BCUT2D eigenvalue weighted by atomic mass is 10.0. The lowest BCUT2D eigenvalue weighted by molar-refractivity contribution is -0.118. The van der Waals surface area contributed by atoms with Gasteiger partial charge in [0, 0.05) is 6.61 Å². The Bertz CT molecular complexity index is 1040. The van der Waals surface area contributed by atoms with Gasteiger partial charge in [-0.1, -0.05) is 41.2 Å². The van der Waals surface area contributed by atoms with E-state index in [0.29, 0.717) is 24.7 Å². The van der Waals surface area contributed by atoms with E-state index in [-0.39, 0.29) is 12.0 Å². The Hall–Kier alpha value is -2.44. The Kier molecular flexibility index (Phi) is 6.35. The summed E-state index contributed by atoms with van der Waals surface area (Å²) in [6.45, 7) is 7.97. The highest BCUT2D eigenvalue weighted by Crippen LogP contribution is 2.35. The molecule has 0 N–H and O–H groups in total. The zero-order chi connectivity index (χ0) is 21.1. The summed E-state index contributed by atoms with van der Waals surface area (Å²) >= 11 is 1.53. The number of amides is 1. The van der Waals surface area contributed by atoms with E-state index in [0.717, 1.165) is 46.5 Å². The molecule has 1 amide bonds. The van der Waals surface area contributed by atoms with Crippen molar-refractivity contribution in [3.8, 4) is 5.75 Å². The molecule has 4 rings (SSSR count). The fraction of sp³-hybridized carbons (Fsp3) is 0.417. The minimum absolute atomic E-state index is 0.0504. The number of hydrogen-bond acceptors (Lipinski definition) is 5. The molecular formula is C24H28N2O3S. The molecule has 30 heavy (non-hydrogen) atoms. The number of hydrogen-bond donors (Lipinski definition) is 0. The van der Waals surface area contributed by atoms with Crippen molar-refractivity contribution in [2.24, 2.45) is 0 Å². The van der Waals surface area contributed by atoms with Crippen LogP contribution in [0, 0.1) is 13.8 Å². The van der Waals surface area contributed by atoms with Crippen LogP contribution >= 0.6 is 11.3 Å². The molecule has 1 fully saturated rings. The molecule has 0 radical (unpaired) electrons. The van der Waals surface area contributed by atoms with Crippen LogP contribution in [0.4, 0.5) is 5.13 Å². The first-order valence-electron chi connectivity index (χ1n) is 10.6. The Morgan fingerprint density at radius 2 is 2.17 bits per heavy atom. The van der Waals surface area contributed by atoms with Gasteiger partial charge in [-0.15, -0.1) is 0 Å². The number of rotatable bonds is 7. The molecule has 5 nitrogen and oxygen atoms in total. The van der Waals surface area contributed by atoms with Gasteiger partial charge in [0.05, 0.1) is 30.4 Å². The summed E-state index contributed by atoms with van der Waals surface area (Å²) in [5.74, 6) is 0.811. The molecular weight excluding hydrogens is 396 g/mol. The maximum atomic E-state index is 13.4. The average Bonchev–Trinajstić information content (AvgIpc) is 3.38. The standard InChI is InChI=1S/C24H28N2O3S/c1-4-28-20-8-5-9-21-23(20)25-24(30-21)26(15-19-7-6-12-29-19)22(27)14-18-11-10-16(2)13-17(18)3/h5,8-11,13,19H,4,6-7,12,14-15H2,1-3H3. The highest BCUT2D eigenvalue weighted by molar-refractivity contribution is 7.22. The van der Waals surface area contributed by atoms with Gasteiger partial charge < -0.3 is 9.47 Å². The molecule has 1 aliphatic heterocycles. The largest absolute Gasteiger partial charge is 0.492 e. The zero-order valence-electron chi connectivity index (χ0n) is 17.8. The average molecular weight is 425 g/mol. The molecule has 1 atom stereocenters. The molecule has 0 bridgehead atoms. The van der Waals surface area contributed by atoms with E-state index in [1.165, 1.54) is 16.9 Å². The second kappa shape index (κ2) is 9.14. The van der Waals surface area contributed by atoms with Crippen LogP contribution in [0.1, 0.15) is 36.5 Å². The third-order valence-electron chi connectivity index (χ3n) is 5.45. The first-order valence-corrected chi connectivity index (χ1v) is 11.4. The molecule has 1 aromatic heterocycles. The molecule has 0 aliphatic carbocycles. The first-order chi connectivity index (χ1) is 14.5. The number of para-hydroxylation sites is 1. The van der Waals surface area contributed by atoms with Crippen LogP contribution in [-0.4, -0.2) is 36.8 Å². The van der Waals surface area contributed by atoms with Gasteiger partial charge in [0.25, 0.3) is 0 Å². The maximum Gasteiger partial charge on any atom is 0.233 e. The topological polar surface area (TPSA) is 51.7 Å². The van der Waals surface area contributed by atoms with Gasteiger partial charge in [0.2, 0.25) is 5.91 Å². The van der Waals surface area contributed by atoms with Crippen LogP contribution in [-0.2, 0) is 16.0 Å². The molecule has 1 unspecified atom stereocenters. The van der Waals surface area contributed by atoms with E-state index in [2.05, 4.69) is 32.0 Å². The highest BCUT2D eigenvalue weighted by Gasteiger charge is 2.27. The lowest BCUT2D eigenvalue weighted by Gasteiger charge is -2.23. The Morgan fingerprint density at radius 3 is 2.90 bits per heavy atom. The van der Waals surface area contributed by atoms with Crippen LogP contribution in [0.2, 0.25) is 0 Å². The molecule has 3 aromatic rings. The van der Waals surface area contributed by atoms with Crippen molar-refractivity contribution in [3.05, 3.63) is 53.1 Å². The number of aryl methyl sites for hydroxylation is 2. The number of carbonyl (C=O) groups excluding carboxylic acids is 1. The summed E-state index contributed by atoms with van der Waals surface area (Å²) in [6.07, 6.45) is 2.43. The SMILES string of the molecule is CCOc1cccc2sc(N(CC3CCCO3)C(=O)Cc3ccc(C)cc3C)nc12. The van der Waals surface area contributed by atoms with E-state index in [1.54, 1.807) is 0 Å². The summed E-state index contributed by atoms with van der Waals surface area (Å²) in [6, 6.07) is 12.2. The van der Waals surface area contributed by atoms with Crippen LogP contribution < -0.4 is 9.64 Å². The maximum absolute atomic E-state index is 13.4. The number of benzene rings is 2. The van der Waals surface area contributed by atoms with E-state index >= 15 is 0 Å². The fourth-order valence-corrected chi connectivity index (χ4v) is 4.89. The van der Waals surface area contributed by atoms with Crippen molar-refractivity contribution in [2.45, 2.75) is 46.1 Å². The summed E-state index contributed by atoms with van der Waals surface area (Å²) in [5, 5.41) is 0.711. The second-order valence-electron chi connectivity index (χ2n) is 7.78. The smallest absolute Gasteiger partial charge is 0.233 e. The number of carbonyl (C=O) groups is 1. The van der Waals surface area contributed by atoms with Gasteiger partial charge in [-0.25, -0.2) is 4.98 Å². The van der Waals surface area contributed by atoms with Crippen molar-refractivity contribution in [2.75, 3.05) is 24.7 Å². The van der Waals surface area contributed by atoms with Crippen molar-refractivity contribution in [1.29, 1.82) is 0 Å². The quantitative estimate of drug-likeness (QED) is 0.532. The minimum atomic E-state index is 0.0504. The van der Waals surface area contributed by atoms with E-state index in [1.807, 2.05) is 30.0 Å². The summed E-state index contributed by atoms with van der Waals surface area (Å²) in [4.78, 5) is 20.1. The number of thiazole rings is 1. The van der Waals surface area contributed by atoms with Crippen molar-refractivity contribution in [1.82, 2.24) is 4.98 Å². The monoisotopic (exact) mass is 424 g/mol. The molecule has 158 valence electrons. The highest BCUT2D eigenvalue weighted by atomic mass is 32.1. The van der Waals surface area contributed by atoms with Gasteiger partial charge in [-0.05, 0) is 56.9 Å². The lowest BCUT2D eigenvalue weighted by Crippen LogP contribution is -2.38. The number of nitrogens with zero attached hydrogens (tertiary/aromatic N) is 2. The number of aromatic nitrogens is 1. The Morgan fingerprint density at radius 1 is 1.30 bits per heavy atom. The predicted octanol–water partition coefficient (Wildman–Crippen LogP) is 5.07. The van der Waals surface area contributed by atoms with E-state index < -0.39 is 0 Å². The first kappa shape index (κ1) is 20.8. The van der Waals surface area contributed by atoms with Gasteiger partial charge in [-0.2, -0.15) is 0 Å². The Balaban J connectivity index is 1.66. The van der Waals surface area contributed by atoms with E-state index in [4.69, 9.17) is 14.5 Å². The van der Waals surface area contributed by atoms with Gasteiger partial charge in [-0.3, -0.25) is 9.69 Å². The second-order valence-corrected chi connectivity index (χ2v) is 8.79. The predicted molar refractivity (Wildman–Crippen MR) is 122 cm³/mol. The van der Waals surface area contributed by atoms with Gasteiger partial charge in [0.1, 0.15) is 11.3 Å². The van der Waals surface area contributed by atoms with Crippen LogP contribution in [0.15, 0.2) is 36.4 Å². The number of anilines is 1. The molecule has 6 heteroatoms. The summed E-state index contributed by atoms with van der Waals surface area (Å²) in [7, 11) is 0. The van der Waals surface area contributed by atoms with Gasteiger partial charge in [0.15, 0.2) is 5.13 Å². The van der Waals surface area contributed by atoms with Crippen molar-refractivity contribution < 1.29 is 14.3 Å². The van der Waals surface area contributed by atoms with E-state index in [9.17, 15) is 4.79 Å². The van der Waals surface area contributed by atoms with Crippen molar-refractivity contribution >= 4 is 32.6 Å². The van der Waals surface area contributed by atoms with Crippen LogP contribution in [0.25, 0.3) is 10.2 Å². The summed E-state index contributed by atoms with van der Waals surface area (Å²) < 4.78 is 12.6. The number of ether oxygens (including phenoxy) is 2. The molecule has 2 aromatic carbocycles. The molecule has 1 saturated heterocycles. The molecule has 0 saturated carbocycles. The van der Waals surface area contributed by atoms with Crippen LogP contribution in [0.3, 0.4) is 0 Å². The normalized spacial score (nSPS) is 16.2. The third-order valence-corrected chi connectivity index (χ3v) is 6.50.